The van der Waals surface area contributed by atoms with Crippen LogP contribution < -0.4 is 16.4 Å². The number of aryl methyl sites for hydroxylation is 1. The lowest BCUT2D eigenvalue weighted by Gasteiger charge is -2.30. The molecule has 1 aliphatic rings. The monoisotopic (exact) mass is 517 g/mol. The molecule has 202 valence electrons. The van der Waals surface area contributed by atoms with Crippen LogP contribution >= 0.6 is 0 Å². The summed E-state index contributed by atoms with van der Waals surface area (Å²) in [4.78, 5) is 9.14. The normalized spacial score (nSPS) is 15.0. The molecule has 10 heteroatoms. The Kier molecular flexibility index (Phi) is 8.85. The maximum absolute atomic E-state index is 6.39. The molecule has 3 aromatic rings. The first-order valence-corrected chi connectivity index (χ1v) is 12.9. The zero-order valence-corrected chi connectivity index (χ0v) is 22.7. The summed E-state index contributed by atoms with van der Waals surface area (Å²) >= 11 is 0. The molecule has 0 bridgehead atoms. The zero-order chi connectivity index (χ0) is 27.1. The van der Waals surface area contributed by atoms with Gasteiger partial charge in [0, 0.05) is 56.0 Å². The summed E-state index contributed by atoms with van der Waals surface area (Å²) in [5.74, 6) is 3.59. The predicted molar refractivity (Wildman–Crippen MR) is 151 cm³/mol. The highest BCUT2D eigenvalue weighted by Crippen LogP contribution is 2.39. The molecule has 38 heavy (non-hydrogen) atoms. The number of nitrogens with one attached hydrogen (secondary N) is 3. The van der Waals surface area contributed by atoms with Gasteiger partial charge in [0.05, 0.1) is 12.2 Å². The minimum Gasteiger partial charge on any atom is -0.385 e. The van der Waals surface area contributed by atoms with Crippen molar-refractivity contribution in [2.24, 2.45) is 10.7 Å². The third-order valence-corrected chi connectivity index (χ3v) is 6.52. The molecule has 1 aromatic carbocycles. The van der Waals surface area contributed by atoms with E-state index in [1.54, 1.807) is 6.08 Å². The Hall–Kier alpha value is -4.05. The first-order valence-electron chi connectivity index (χ1n) is 12.9. The molecule has 4 rings (SSSR count). The Balaban J connectivity index is 1.44. The summed E-state index contributed by atoms with van der Waals surface area (Å²) in [5.41, 5.74) is 9.63. The van der Waals surface area contributed by atoms with E-state index >= 15 is 0 Å². The molecule has 1 aliphatic carbocycles. The van der Waals surface area contributed by atoms with Gasteiger partial charge in [0.2, 0.25) is 0 Å². The first-order chi connectivity index (χ1) is 18.3. The fourth-order valence-corrected chi connectivity index (χ4v) is 4.08. The molecule has 0 spiro atoms. The molecule has 2 heterocycles. The summed E-state index contributed by atoms with van der Waals surface area (Å²) < 4.78 is 5.28. The van der Waals surface area contributed by atoms with E-state index in [9.17, 15) is 0 Å². The highest BCUT2D eigenvalue weighted by Gasteiger charge is 2.25. The van der Waals surface area contributed by atoms with E-state index in [1.165, 1.54) is 18.4 Å². The molecular formula is C28H39N9O. The quantitative estimate of drug-likeness (QED) is 0.199. The van der Waals surface area contributed by atoms with Crippen molar-refractivity contribution < 1.29 is 4.52 Å². The van der Waals surface area contributed by atoms with Gasteiger partial charge in [-0.1, -0.05) is 42.1 Å². The number of rotatable bonds is 13. The van der Waals surface area contributed by atoms with Crippen LogP contribution in [0.5, 0.6) is 0 Å². The highest BCUT2D eigenvalue weighted by atomic mass is 16.5. The number of hydrogen-bond acceptors (Lipinski definition) is 8. The SMILES string of the molecule is C=C(/N=C(\C=C(/N)Nc1cc(C2CC2)[nH]n1)N(C)C[C@@H](C)N(C)Cc1ccccc1)NCc1cc(C)no1. The lowest BCUT2D eigenvalue weighted by molar-refractivity contribution is 0.219. The Morgan fingerprint density at radius 1 is 1.29 bits per heavy atom. The molecule has 1 atom stereocenters. The lowest BCUT2D eigenvalue weighted by atomic mass is 10.2. The smallest absolute Gasteiger partial charge is 0.156 e. The second-order valence-electron chi connectivity index (χ2n) is 10.0. The number of nitrogens with zero attached hydrogens (tertiary/aromatic N) is 5. The number of benzene rings is 1. The maximum atomic E-state index is 6.39. The third kappa shape index (κ3) is 7.97. The van der Waals surface area contributed by atoms with E-state index < -0.39 is 0 Å². The molecule has 0 aliphatic heterocycles. The second-order valence-corrected chi connectivity index (χ2v) is 10.0. The van der Waals surface area contributed by atoms with E-state index in [2.05, 4.69) is 80.6 Å². The zero-order valence-electron chi connectivity index (χ0n) is 22.7. The van der Waals surface area contributed by atoms with E-state index in [4.69, 9.17) is 15.2 Å². The molecule has 0 radical (unpaired) electrons. The van der Waals surface area contributed by atoms with E-state index in [0.717, 1.165) is 24.5 Å². The van der Waals surface area contributed by atoms with Crippen LogP contribution in [-0.2, 0) is 13.1 Å². The number of aliphatic imine (C=N–C) groups is 1. The maximum Gasteiger partial charge on any atom is 0.156 e. The van der Waals surface area contributed by atoms with Gasteiger partial charge in [0.15, 0.2) is 11.6 Å². The minimum atomic E-state index is 0.249. The van der Waals surface area contributed by atoms with Crippen LogP contribution in [-0.4, -0.2) is 57.7 Å². The van der Waals surface area contributed by atoms with Crippen molar-refractivity contribution >= 4 is 11.7 Å². The number of nitrogens with two attached hydrogens (primary N) is 1. The van der Waals surface area contributed by atoms with Crippen molar-refractivity contribution in [3.05, 3.63) is 89.5 Å². The van der Waals surface area contributed by atoms with Gasteiger partial charge in [0.25, 0.3) is 0 Å². The second kappa shape index (κ2) is 12.5. The van der Waals surface area contributed by atoms with Crippen LogP contribution in [0, 0.1) is 6.92 Å². The van der Waals surface area contributed by atoms with Gasteiger partial charge in [-0.15, -0.1) is 0 Å². The van der Waals surface area contributed by atoms with Crippen molar-refractivity contribution in [3.8, 4) is 0 Å². The fraction of sp³-hybridized carbons (Fsp3) is 0.393. The Morgan fingerprint density at radius 2 is 2.05 bits per heavy atom. The van der Waals surface area contributed by atoms with Crippen molar-refractivity contribution in [2.45, 2.75) is 51.7 Å². The number of H-pyrrole nitrogens is 1. The fourth-order valence-electron chi connectivity index (χ4n) is 4.08. The topological polar surface area (TPSA) is 124 Å². The molecule has 1 saturated carbocycles. The van der Waals surface area contributed by atoms with Gasteiger partial charge in [-0.3, -0.25) is 10.00 Å². The number of amidine groups is 1. The Bertz CT molecular complexity index is 1260. The van der Waals surface area contributed by atoms with E-state index in [1.807, 2.05) is 32.2 Å². The summed E-state index contributed by atoms with van der Waals surface area (Å²) in [6.45, 7) is 10.2. The van der Waals surface area contributed by atoms with Crippen LogP contribution in [0.2, 0.25) is 0 Å². The minimum absolute atomic E-state index is 0.249. The molecule has 0 saturated heterocycles. The summed E-state index contributed by atoms with van der Waals surface area (Å²) in [6.07, 6.45) is 4.21. The van der Waals surface area contributed by atoms with Crippen molar-refractivity contribution in [2.75, 3.05) is 26.0 Å². The number of anilines is 1. The van der Waals surface area contributed by atoms with Crippen molar-refractivity contribution in [1.29, 1.82) is 0 Å². The third-order valence-electron chi connectivity index (χ3n) is 6.52. The van der Waals surface area contributed by atoms with Gasteiger partial charge in [-0.25, -0.2) is 4.99 Å². The van der Waals surface area contributed by atoms with Crippen molar-refractivity contribution in [1.82, 2.24) is 30.5 Å². The van der Waals surface area contributed by atoms with Gasteiger partial charge in [0.1, 0.15) is 17.5 Å². The number of aromatic amines is 1. The molecule has 1 fully saturated rings. The Labute approximate surface area is 224 Å². The van der Waals surface area contributed by atoms with Crippen LogP contribution in [0.1, 0.15) is 48.4 Å². The largest absolute Gasteiger partial charge is 0.385 e. The number of likely N-dealkylation sites (N-methyl/N-ethyl adjacent to an activating group) is 2. The number of hydrogen-bond donors (Lipinski definition) is 4. The van der Waals surface area contributed by atoms with Gasteiger partial charge < -0.3 is 25.8 Å². The summed E-state index contributed by atoms with van der Waals surface area (Å²) in [5, 5.41) is 17.7. The summed E-state index contributed by atoms with van der Waals surface area (Å²) in [7, 11) is 4.13. The lowest BCUT2D eigenvalue weighted by Crippen LogP contribution is -2.41. The van der Waals surface area contributed by atoms with Crippen molar-refractivity contribution in [3.63, 3.8) is 0 Å². The standard InChI is InChI=1S/C28H39N9O/c1-19-13-24(38-35-19)16-30-21(3)31-28(15-26(29)32-27-14-25(33-34-27)23-11-12-23)37(5)17-20(2)36(4)18-22-9-7-6-8-10-22/h6-10,13-15,20,23,30H,3,11-12,16-18,29H2,1-2,4-5H3,(H2,32,33,34)/b26-15+,31-28+/t20-/m1/s1. The average molecular weight is 518 g/mol. The Morgan fingerprint density at radius 3 is 2.74 bits per heavy atom. The van der Waals surface area contributed by atoms with Crippen LogP contribution in [0.25, 0.3) is 0 Å². The molecule has 2 aromatic heterocycles. The van der Waals surface area contributed by atoms with Crippen LogP contribution in [0.15, 0.2) is 76.3 Å². The molecular weight excluding hydrogens is 478 g/mol. The first kappa shape index (κ1) is 27.0. The van der Waals surface area contributed by atoms with Gasteiger partial charge in [-0.2, -0.15) is 5.10 Å². The van der Waals surface area contributed by atoms with Crippen LogP contribution in [0.4, 0.5) is 5.82 Å². The van der Waals surface area contributed by atoms with Crippen LogP contribution in [0.3, 0.4) is 0 Å². The molecule has 10 nitrogen and oxygen atoms in total. The van der Waals surface area contributed by atoms with Gasteiger partial charge >= 0.3 is 0 Å². The number of aromatic nitrogens is 3. The summed E-state index contributed by atoms with van der Waals surface area (Å²) in [6, 6.07) is 14.6. The highest BCUT2D eigenvalue weighted by molar-refractivity contribution is 5.94. The van der Waals surface area contributed by atoms with Gasteiger partial charge in [-0.05, 0) is 39.3 Å². The molecule has 0 unspecified atom stereocenters. The predicted octanol–water partition coefficient (Wildman–Crippen LogP) is 3.91. The van der Waals surface area contributed by atoms with E-state index in [0.29, 0.717) is 41.5 Å². The van der Waals surface area contributed by atoms with E-state index in [-0.39, 0.29) is 6.04 Å². The molecule has 5 N–H and O–H groups in total. The molecule has 0 amide bonds. The average Bonchev–Trinajstić information content (AvgIpc) is 3.49.